The Kier molecular flexibility index (Phi) is 2.77. The van der Waals surface area contributed by atoms with Gasteiger partial charge in [-0.1, -0.05) is 42.5 Å². The van der Waals surface area contributed by atoms with E-state index in [1.807, 2.05) is 42.6 Å². The Hall–Kier alpha value is -2.22. The molecule has 0 unspecified atom stereocenters. The molecule has 88 valence electrons. The zero-order chi connectivity index (χ0) is 12.4. The Morgan fingerprint density at radius 2 is 1.61 bits per heavy atom. The van der Waals surface area contributed by atoms with Crippen LogP contribution in [0, 0.1) is 5.82 Å². The Morgan fingerprint density at radius 3 is 2.44 bits per heavy atom. The highest BCUT2D eigenvalue weighted by Crippen LogP contribution is 2.17. The third kappa shape index (κ3) is 2.09. The summed E-state index contributed by atoms with van der Waals surface area (Å²) in [5.74, 6) is -0.174. The molecule has 0 saturated heterocycles. The summed E-state index contributed by atoms with van der Waals surface area (Å²) in [7, 11) is 0. The van der Waals surface area contributed by atoms with Gasteiger partial charge in [-0.05, 0) is 23.1 Å². The average Bonchev–Trinajstić information content (AvgIpc) is 2.41. The van der Waals surface area contributed by atoms with Gasteiger partial charge in [-0.15, -0.1) is 0 Å². The van der Waals surface area contributed by atoms with Crippen molar-refractivity contribution in [3.8, 4) is 0 Å². The quantitative estimate of drug-likeness (QED) is 0.657. The number of pyridine rings is 1. The minimum Gasteiger partial charge on any atom is -0.260 e. The first-order valence-corrected chi connectivity index (χ1v) is 5.90. The molecule has 0 bridgehead atoms. The minimum atomic E-state index is -0.174. The van der Waals surface area contributed by atoms with Crippen LogP contribution in [-0.4, -0.2) is 4.98 Å². The molecule has 0 aliphatic carbocycles. The Labute approximate surface area is 105 Å². The number of hydrogen-bond donors (Lipinski definition) is 0. The van der Waals surface area contributed by atoms with Gasteiger partial charge in [0.05, 0.1) is 0 Å². The summed E-state index contributed by atoms with van der Waals surface area (Å²) in [6.07, 6.45) is 2.36. The van der Waals surface area contributed by atoms with Gasteiger partial charge in [0, 0.05) is 23.7 Å². The van der Waals surface area contributed by atoms with E-state index in [2.05, 4.69) is 4.98 Å². The van der Waals surface area contributed by atoms with E-state index in [-0.39, 0.29) is 5.82 Å². The molecule has 1 heterocycles. The molecule has 2 heteroatoms. The molecule has 18 heavy (non-hydrogen) atoms. The predicted octanol–water partition coefficient (Wildman–Crippen LogP) is 3.96. The molecule has 0 aliphatic heterocycles. The zero-order valence-electron chi connectivity index (χ0n) is 9.81. The molecule has 3 aromatic rings. The molecule has 0 fully saturated rings. The van der Waals surface area contributed by atoms with Crippen LogP contribution in [0.1, 0.15) is 11.3 Å². The van der Waals surface area contributed by atoms with Crippen LogP contribution in [0.4, 0.5) is 4.39 Å². The monoisotopic (exact) mass is 237 g/mol. The lowest BCUT2D eigenvalue weighted by Crippen LogP contribution is -1.95. The summed E-state index contributed by atoms with van der Waals surface area (Å²) >= 11 is 0. The van der Waals surface area contributed by atoms with Crippen LogP contribution < -0.4 is 0 Å². The summed E-state index contributed by atoms with van der Waals surface area (Å²) in [5, 5.41) is 2.24. The molecule has 1 aromatic heterocycles. The second-order valence-electron chi connectivity index (χ2n) is 4.29. The van der Waals surface area contributed by atoms with Crippen molar-refractivity contribution in [2.45, 2.75) is 6.42 Å². The van der Waals surface area contributed by atoms with Crippen LogP contribution in [0.3, 0.4) is 0 Å². The van der Waals surface area contributed by atoms with E-state index in [0.29, 0.717) is 12.0 Å². The van der Waals surface area contributed by atoms with E-state index >= 15 is 0 Å². The third-order valence-electron chi connectivity index (χ3n) is 3.02. The maximum absolute atomic E-state index is 13.6. The number of fused-ring (bicyclic) bond motifs is 1. The minimum absolute atomic E-state index is 0.174. The second kappa shape index (κ2) is 4.57. The molecule has 0 aliphatic rings. The van der Waals surface area contributed by atoms with Crippen molar-refractivity contribution in [2.24, 2.45) is 0 Å². The van der Waals surface area contributed by atoms with Crippen molar-refractivity contribution in [2.75, 3.05) is 0 Å². The first-order valence-electron chi connectivity index (χ1n) is 5.90. The fraction of sp³-hybridized carbons (Fsp3) is 0.0625. The molecule has 0 N–H and O–H groups in total. The Balaban J connectivity index is 1.98. The van der Waals surface area contributed by atoms with Crippen molar-refractivity contribution in [3.05, 3.63) is 77.9 Å². The van der Waals surface area contributed by atoms with Gasteiger partial charge in [0.25, 0.3) is 0 Å². The van der Waals surface area contributed by atoms with E-state index in [1.54, 1.807) is 12.1 Å². The van der Waals surface area contributed by atoms with Gasteiger partial charge in [0.1, 0.15) is 5.82 Å². The molecule has 0 saturated carbocycles. The number of benzene rings is 2. The maximum atomic E-state index is 13.6. The van der Waals surface area contributed by atoms with Gasteiger partial charge in [0.2, 0.25) is 0 Å². The van der Waals surface area contributed by atoms with Crippen molar-refractivity contribution >= 4 is 10.8 Å². The van der Waals surface area contributed by atoms with Crippen molar-refractivity contribution in [1.29, 1.82) is 0 Å². The van der Waals surface area contributed by atoms with Crippen molar-refractivity contribution < 1.29 is 4.39 Å². The molecule has 0 radical (unpaired) electrons. The molecule has 3 rings (SSSR count). The van der Waals surface area contributed by atoms with Gasteiger partial charge in [-0.2, -0.15) is 0 Å². The summed E-state index contributed by atoms with van der Waals surface area (Å²) in [6, 6.07) is 16.9. The first kappa shape index (κ1) is 10.9. The number of halogens is 1. The van der Waals surface area contributed by atoms with Gasteiger partial charge in [-0.3, -0.25) is 4.98 Å². The smallest absolute Gasteiger partial charge is 0.126 e. The second-order valence-corrected chi connectivity index (χ2v) is 4.29. The highest BCUT2D eigenvalue weighted by atomic mass is 19.1. The lowest BCUT2D eigenvalue weighted by molar-refractivity contribution is 0.613. The van der Waals surface area contributed by atoms with Gasteiger partial charge >= 0.3 is 0 Å². The number of hydrogen-bond acceptors (Lipinski definition) is 1. The zero-order valence-corrected chi connectivity index (χ0v) is 9.81. The molecular weight excluding hydrogens is 225 g/mol. The maximum Gasteiger partial charge on any atom is 0.126 e. The van der Waals surface area contributed by atoms with Crippen LogP contribution in [0.5, 0.6) is 0 Å². The third-order valence-corrected chi connectivity index (χ3v) is 3.02. The molecule has 1 nitrogen and oxygen atoms in total. The summed E-state index contributed by atoms with van der Waals surface area (Å²) in [4.78, 5) is 4.38. The van der Waals surface area contributed by atoms with Crippen LogP contribution in [-0.2, 0) is 6.42 Å². The van der Waals surface area contributed by atoms with Crippen LogP contribution in [0.2, 0.25) is 0 Å². The van der Waals surface area contributed by atoms with Gasteiger partial charge in [0.15, 0.2) is 0 Å². The fourth-order valence-corrected chi connectivity index (χ4v) is 2.06. The highest BCUT2D eigenvalue weighted by molar-refractivity contribution is 5.81. The first-order chi connectivity index (χ1) is 8.83. The number of nitrogens with zero attached hydrogens (tertiary/aromatic N) is 1. The Bertz CT molecular complexity index is 691. The van der Waals surface area contributed by atoms with Crippen molar-refractivity contribution in [3.63, 3.8) is 0 Å². The number of aromatic nitrogens is 1. The summed E-state index contributed by atoms with van der Waals surface area (Å²) in [5.41, 5.74) is 1.57. The molecule has 0 spiro atoms. The lowest BCUT2D eigenvalue weighted by Gasteiger charge is -2.04. The summed E-state index contributed by atoms with van der Waals surface area (Å²) < 4.78 is 13.6. The van der Waals surface area contributed by atoms with Gasteiger partial charge < -0.3 is 0 Å². The lowest BCUT2D eigenvalue weighted by atomic mass is 10.1. The van der Waals surface area contributed by atoms with Crippen molar-refractivity contribution in [1.82, 2.24) is 4.98 Å². The standard InChI is InChI=1S/C16H12FN/c17-16-8-4-3-6-13(16)10-15-9-12-5-1-2-7-14(12)11-18-15/h1-9,11H,10H2. The molecule has 0 amide bonds. The van der Waals surface area contributed by atoms with Crippen LogP contribution >= 0.6 is 0 Å². The molecular formula is C16H12FN. The van der Waals surface area contributed by atoms with E-state index in [9.17, 15) is 4.39 Å². The van der Waals surface area contributed by atoms with Crippen LogP contribution in [0.15, 0.2) is 60.8 Å². The van der Waals surface area contributed by atoms with E-state index in [1.165, 1.54) is 6.07 Å². The summed E-state index contributed by atoms with van der Waals surface area (Å²) in [6.45, 7) is 0. The van der Waals surface area contributed by atoms with E-state index in [0.717, 1.165) is 16.5 Å². The van der Waals surface area contributed by atoms with Gasteiger partial charge in [-0.25, -0.2) is 4.39 Å². The normalized spacial score (nSPS) is 10.7. The average molecular weight is 237 g/mol. The van der Waals surface area contributed by atoms with E-state index in [4.69, 9.17) is 0 Å². The SMILES string of the molecule is Fc1ccccc1Cc1cc2ccccc2cn1. The number of rotatable bonds is 2. The van der Waals surface area contributed by atoms with Crippen LogP contribution in [0.25, 0.3) is 10.8 Å². The van der Waals surface area contributed by atoms with E-state index < -0.39 is 0 Å². The molecule has 0 atom stereocenters. The molecule has 2 aromatic carbocycles. The fourth-order valence-electron chi connectivity index (χ4n) is 2.06. The largest absolute Gasteiger partial charge is 0.260 e. The predicted molar refractivity (Wildman–Crippen MR) is 70.9 cm³/mol. The highest BCUT2D eigenvalue weighted by Gasteiger charge is 2.04. The Morgan fingerprint density at radius 1 is 0.889 bits per heavy atom. The topological polar surface area (TPSA) is 12.9 Å².